The SMILES string of the molecule is CCCP(O)CN1CCN(CP(O)CCC(=O)NCCCN)CCN(CP(O)CCC=O)CCN(CP(O)CCC(=O)NCCCN)CC1.CO.O=CO. The fraction of sp³-hybridized carbons (Fsp3) is 0.875. The van der Waals surface area contributed by atoms with Crippen LogP contribution in [0.25, 0.3) is 0 Å². The van der Waals surface area contributed by atoms with Gasteiger partial charge in [-0.3, -0.25) is 34.0 Å². The highest BCUT2D eigenvalue weighted by Gasteiger charge is 2.22. The van der Waals surface area contributed by atoms with Crippen molar-refractivity contribution in [3.63, 3.8) is 0 Å². The number of carbonyl (C=O) groups excluding carboxylic acids is 3. The molecule has 1 aliphatic rings. The Morgan fingerprint density at radius 1 is 0.611 bits per heavy atom. The smallest absolute Gasteiger partial charge is 0.290 e. The normalized spacial score (nSPS) is 17.5. The Bertz CT molecular complexity index is 882. The minimum Gasteiger partial charge on any atom is -0.483 e. The fourth-order valence-electron chi connectivity index (χ4n) is 5.11. The number of nitrogens with one attached hydrogen (secondary N) is 2. The van der Waals surface area contributed by atoms with Crippen molar-refractivity contribution < 1.29 is 49.0 Å². The summed E-state index contributed by atoms with van der Waals surface area (Å²) in [5.41, 5.74) is 11.0. The lowest BCUT2D eigenvalue weighted by molar-refractivity contribution is -0.123. The van der Waals surface area contributed by atoms with Crippen molar-refractivity contribution >= 4 is 57.2 Å². The van der Waals surface area contributed by atoms with Gasteiger partial charge < -0.3 is 56.7 Å². The zero-order valence-electron chi connectivity index (χ0n) is 32.6. The molecule has 4 atom stereocenters. The molecule has 54 heavy (non-hydrogen) atoms. The van der Waals surface area contributed by atoms with Crippen molar-refractivity contribution in [3.05, 3.63) is 0 Å². The second-order valence-corrected chi connectivity index (χ2v) is 19.5. The average molecular weight is 853 g/mol. The van der Waals surface area contributed by atoms with Crippen LogP contribution < -0.4 is 22.1 Å². The fourth-order valence-corrected chi connectivity index (χ4v) is 10.5. The molecule has 0 saturated carbocycles. The summed E-state index contributed by atoms with van der Waals surface area (Å²) in [7, 11) is -4.30. The van der Waals surface area contributed by atoms with Gasteiger partial charge in [0.1, 0.15) is 6.29 Å². The Kier molecular flexibility index (Phi) is 40.3. The molecule has 0 aromatic carbocycles. The van der Waals surface area contributed by atoms with E-state index in [1.54, 1.807) is 0 Å². The standard InChI is InChI=1S/C30H66N8O7P4.CH2O2.CH4O/c1-2-21-46(42)25-35-12-16-37(27-48(44)23-6-29(40)33-10-3-8-31)18-14-36(26-47(43)22-5-20-39)15-19-38(17-13-35)28-49(45)24-7-30(41)34-11-4-9-32;2-1-3;1-2/h20,42-45H,2-19,21-28,31-32H2,1H3,(H,33,40)(H,34,41);1H,(H,2,3);2H,1H3. The van der Waals surface area contributed by atoms with Crippen LogP contribution in [-0.2, 0) is 19.2 Å². The number of nitrogens with zero attached hydrogens (tertiary/aromatic N) is 4. The molecule has 0 spiro atoms. The highest BCUT2D eigenvalue weighted by atomic mass is 31.1. The summed E-state index contributed by atoms with van der Waals surface area (Å²) in [6.07, 6.45) is 8.06. The minimum absolute atomic E-state index is 0.0817. The topological polar surface area (TPSA) is 279 Å². The number of amides is 2. The predicted octanol–water partition coefficient (Wildman–Crippen LogP) is -0.387. The van der Waals surface area contributed by atoms with E-state index in [1.807, 2.05) is 0 Å². The second-order valence-electron chi connectivity index (χ2n) is 12.5. The van der Waals surface area contributed by atoms with Crippen LogP contribution in [-0.4, -0.2) is 209 Å². The summed E-state index contributed by atoms with van der Waals surface area (Å²) in [5.74, 6) is -0.163. The Morgan fingerprint density at radius 2 is 0.907 bits per heavy atom. The van der Waals surface area contributed by atoms with E-state index in [9.17, 15) is 34.0 Å². The van der Waals surface area contributed by atoms with Crippen LogP contribution in [0, 0.1) is 0 Å². The van der Waals surface area contributed by atoms with Gasteiger partial charge in [0.2, 0.25) is 11.8 Å². The van der Waals surface area contributed by atoms with Gasteiger partial charge in [0, 0.05) is 162 Å². The lowest BCUT2D eigenvalue weighted by atomic mass is 10.4. The molecule has 12 N–H and O–H groups in total. The van der Waals surface area contributed by atoms with Crippen LogP contribution >= 0.6 is 32.6 Å². The quantitative estimate of drug-likeness (QED) is 0.0318. The second kappa shape index (κ2) is 39.2. The molecule has 1 heterocycles. The summed E-state index contributed by atoms with van der Waals surface area (Å²) in [6, 6.07) is 0. The first-order chi connectivity index (χ1) is 26.0. The first-order valence-corrected chi connectivity index (χ1v) is 25.2. The minimum atomic E-state index is -1.40. The van der Waals surface area contributed by atoms with Crippen molar-refractivity contribution in [2.75, 3.05) is 135 Å². The van der Waals surface area contributed by atoms with Crippen LogP contribution in [0.3, 0.4) is 0 Å². The van der Waals surface area contributed by atoms with E-state index < -0.39 is 32.6 Å². The van der Waals surface area contributed by atoms with Crippen molar-refractivity contribution in [1.82, 2.24) is 30.2 Å². The molecule has 1 rings (SSSR count). The summed E-state index contributed by atoms with van der Waals surface area (Å²) in [6.45, 7) is 9.27. The molecule has 0 aliphatic carbocycles. The van der Waals surface area contributed by atoms with E-state index in [1.165, 1.54) is 0 Å². The third-order valence-corrected chi connectivity index (χ3v) is 14.1. The number of nitrogens with two attached hydrogens (primary N) is 2. The van der Waals surface area contributed by atoms with Gasteiger partial charge in [-0.1, -0.05) is 13.3 Å². The summed E-state index contributed by atoms with van der Waals surface area (Å²) < 4.78 is 0. The Hall–Kier alpha value is -0.640. The van der Waals surface area contributed by atoms with Crippen molar-refractivity contribution in [3.8, 4) is 0 Å². The lowest BCUT2D eigenvalue weighted by Crippen LogP contribution is -2.46. The van der Waals surface area contributed by atoms with Crippen LogP contribution in [0.4, 0.5) is 0 Å². The van der Waals surface area contributed by atoms with Gasteiger partial charge in [0.15, 0.2) is 0 Å². The maximum Gasteiger partial charge on any atom is 0.290 e. The van der Waals surface area contributed by atoms with E-state index in [2.05, 4.69) is 37.2 Å². The highest BCUT2D eigenvalue weighted by Crippen LogP contribution is 2.35. The van der Waals surface area contributed by atoms with Gasteiger partial charge in [-0.15, -0.1) is 0 Å². The molecule has 22 heteroatoms. The van der Waals surface area contributed by atoms with Crippen LogP contribution in [0.1, 0.15) is 45.4 Å². The summed E-state index contributed by atoms with van der Waals surface area (Å²) >= 11 is 0. The highest BCUT2D eigenvalue weighted by molar-refractivity contribution is 7.52. The van der Waals surface area contributed by atoms with Gasteiger partial charge >= 0.3 is 0 Å². The number of hydrogen-bond donors (Lipinski definition) is 10. The molecule has 0 aromatic rings. The Morgan fingerprint density at radius 3 is 1.19 bits per heavy atom. The number of carbonyl (C=O) groups is 4. The van der Waals surface area contributed by atoms with Crippen molar-refractivity contribution in [2.24, 2.45) is 11.5 Å². The zero-order chi connectivity index (χ0) is 41.0. The molecule has 0 aromatic heterocycles. The van der Waals surface area contributed by atoms with Gasteiger partial charge in [0.05, 0.1) is 0 Å². The lowest BCUT2D eigenvalue weighted by Gasteiger charge is -2.36. The molecule has 0 bridgehead atoms. The largest absolute Gasteiger partial charge is 0.483 e. The van der Waals surface area contributed by atoms with Gasteiger partial charge in [-0.05, 0) is 38.3 Å². The monoisotopic (exact) mass is 852 g/mol. The van der Waals surface area contributed by atoms with E-state index >= 15 is 0 Å². The number of rotatable bonds is 25. The molecular weight excluding hydrogens is 780 g/mol. The van der Waals surface area contributed by atoms with Crippen molar-refractivity contribution in [1.29, 1.82) is 0 Å². The summed E-state index contributed by atoms with van der Waals surface area (Å²) in [4.78, 5) is 96.2. The zero-order valence-corrected chi connectivity index (χ0v) is 36.2. The molecular formula is C32H72N8O10P4. The number of aliphatic hydroxyl groups excluding tert-OH is 1. The Labute approximate surface area is 328 Å². The van der Waals surface area contributed by atoms with Gasteiger partial charge in [-0.2, -0.15) is 0 Å². The predicted molar refractivity (Wildman–Crippen MR) is 222 cm³/mol. The third kappa shape index (κ3) is 33.5. The molecule has 1 aliphatic heterocycles. The van der Waals surface area contributed by atoms with E-state index in [0.29, 0.717) is 141 Å². The third-order valence-electron chi connectivity index (χ3n) is 7.97. The van der Waals surface area contributed by atoms with E-state index in [0.717, 1.165) is 26.0 Å². The van der Waals surface area contributed by atoms with E-state index in [-0.39, 0.29) is 31.1 Å². The maximum absolute atomic E-state index is 12.2. The number of aldehydes is 1. The van der Waals surface area contributed by atoms with Gasteiger partial charge in [0.25, 0.3) is 6.47 Å². The van der Waals surface area contributed by atoms with Crippen LogP contribution in [0.2, 0.25) is 0 Å². The molecule has 1 saturated heterocycles. The van der Waals surface area contributed by atoms with E-state index in [4.69, 9.17) is 26.5 Å². The van der Waals surface area contributed by atoms with Gasteiger partial charge in [-0.25, -0.2) is 0 Å². The molecule has 4 unspecified atom stereocenters. The molecule has 320 valence electrons. The first kappa shape index (κ1) is 55.5. The average Bonchev–Trinajstić information content (AvgIpc) is 3.14. The molecule has 18 nitrogen and oxygen atoms in total. The number of hydrogen-bond acceptors (Lipinski definition) is 15. The first-order valence-electron chi connectivity index (χ1n) is 18.6. The Balaban J connectivity index is 0. The van der Waals surface area contributed by atoms with Crippen LogP contribution in [0.15, 0.2) is 0 Å². The summed E-state index contributed by atoms with van der Waals surface area (Å²) in [5, 5.41) is 19.6. The molecule has 0 radical (unpaired) electrons. The number of carboxylic acid groups (broad SMARTS) is 1. The van der Waals surface area contributed by atoms with Crippen LogP contribution in [0.5, 0.6) is 0 Å². The molecule has 1 fully saturated rings. The van der Waals surface area contributed by atoms with Crippen molar-refractivity contribution in [2.45, 2.75) is 45.4 Å². The molecule has 2 amide bonds. The number of aliphatic hydroxyl groups is 1. The maximum atomic E-state index is 12.2.